The number of rotatable bonds is 5. The maximum absolute atomic E-state index is 11.7. The third-order valence-electron chi connectivity index (χ3n) is 7.40. The molecule has 3 heterocycles. The number of amides is 1. The number of hydrogen-bond acceptors (Lipinski definition) is 6. The van der Waals surface area contributed by atoms with Crippen molar-refractivity contribution in [2.24, 2.45) is 0 Å². The number of fused-ring (bicyclic) bond motifs is 3. The molecule has 4 aromatic carbocycles. The molecule has 40 heavy (non-hydrogen) atoms. The van der Waals surface area contributed by atoms with Crippen molar-refractivity contribution in [3.63, 3.8) is 0 Å². The van der Waals surface area contributed by atoms with Crippen LogP contribution < -0.4 is 16.2 Å². The molecule has 0 bridgehead atoms. The summed E-state index contributed by atoms with van der Waals surface area (Å²) in [7, 11) is -1.89. The van der Waals surface area contributed by atoms with Gasteiger partial charge < -0.3 is 29.2 Å². The maximum atomic E-state index is 11.7. The molecule has 1 aromatic heterocycles. The SMILES string of the molecule is CC(=O)Nc1cc2c(c(-c3ccc(Sc4cn(-c5ccc6c(c5)B(O)OC6)c5ccccc45)cc3)c1)COB2O. The van der Waals surface area contributed by atoms with Crippen LogP contribution in [0.3, 0.4) is 0 Å². The van der Waals surface area contributed by atoms with E-state index < -0.39 is 14.2 Å². The van der Waals surface area contributed by atoms with Gasteiger partial charge in [0.25, 0.3) is 0 Å². The summed E-state index contributed by atoms with van der Waals surface area (Å²) in [5, 5.41) is 24.5. The second kappa shape index (κ2) is 9.99. The van der Waals surface area contributed by atoms with Crippen molar-refractivity contribution in [2.45, 2.75) is 29.9 Å². The van der Waals surface area contributed by atoms with Gasteiger partial charge in [-0.3, -0.25) is 4.79 Å². The fourth-order valence-corrected chi connectivity index (χ4v) is 6.45. The normalized spacial score (nSPS) is 14.1. The first kappa shape index (κ1) is 25.2. The van der Waals surface area contributed by atoms with Crippen LogP contribution in [-0.2, 0) is 27.3 Å². The highest BCUT2D eigenvalue weighted by Gasteiger charge is 2.31. The van der Waals surface area contributed by atoms with Crippen LogP contribution in [0.1, 0.15) is 18.1 Å². The fraction of sp³-hybridized carbons (Fsp3) is 0.100. The minimum atomic E-state index is -1.00. The Morgan fingerprint density at radius 1 is 0.925 bits per heavy atom. The summed E-state index contributed by atoms with van der Waals surface area (Å²) in [5.41, 5.74) is 8.01. The molecule has 5 aromatic rings. The zero-order valence-electron chi connectivity index (χ0n) is 21.6. The van der Waals surface area contributed by atoms with Crippen LogP contribution in [0, 0.1) is 0 Å². The molecule has 0 spiro atoms. The van der Waals surface area contributed by atoms with Crippen molar-refractivity contribution in [2.75, 3.05) is 5.32 Å². The Labute approximate surface area is 236 Å². The minimum Gasteiger partial charge on any atom is -0.423 e. The van der Waals surface area contributed by atoms with E-state index in [1.165, 1.54) is 6.92 Å². The molecule has 0 saturated carbocycles. The molecule has 10 heteroatoms. The number of anilines is 1. The molecule has 0 radical (unpaired) electrons. The molecule has 0 saturated heterocycles. The summed E-state index contributed by atoms with van der Waals surface area (Å²) in [4.78, 5) is 13.9. The first-order chi connectivity index (χ1) is 19.4. The van der Waals surface area contributed by atoms with Gasteiger partial charge in [0.15, 0.2) is 0 Å². The molecule has 2 aliphatic heterocycles. The van der Waals surface area contributed by atoms with Crippen molar-refractivity contribution < 1.29 is 24.2 Å². The molecule has 7 nitrogen and oxygen atoms in total. The first-order valence-electron chi connectivity index (χ1n) is 13.0. The topological polar surface area (TPSA) is 93.0 Å². The summed E-state index contributed by atoms with van der Waals surface area (Å²) in [5.74, 6) is -0.172. The summed E-state index contributed by atoms with van der Waals surface area (Å²) >= 11 is 1.68. The highest BCUT2D eigenvalue weighted by molar-refractivity contribution is 7.99. The number of aromatic nitrogens is 1. The third-order valence-corrected chi connectivity index (χ3v) is 8.45. The Morgan fingerprint density at radius 2 is 1.70 bits per heavy atom. The lowest BCUT2D eigenvalue weighted by atomic mass is 9.77. The van der Waals surface area contributed by atoms with Gasteiger partial charge in [0, 0.05) is 39.7 Å². The Hall–Kier alpha value is -3.79. The standard InChI is InChI=1S/C30H24B2N2O5S/c1-18(35)33-21-12-25(26-17-39-32(37)28(26)13-21)19-7-10-23(11-8-19)40-30-15-34(29-5-3-2-4-24(29)30)22-9-6-20-16-38-31(36)27(20)14-22/h2-15,36-37H,16-17H2,1H3,(H,33,35). The number of benzene rings is 4. The maximum Gasteiger partial charge on any atom is 0.491 e. The molecule has 0 unspecified atom stereocenters. The Kier molecular flexibility index (Phi) is 6.30. The summed E-state index contributed by atoms with van der Waals surface area (Å²) < 4.78 is 13.0. The zero-order chi connectivity index (χ0) is 27.4. The predicted molar refractivity (Wildman–Crippen MR) is 158 cm³/mol. The number of nitrogens with zero attached hydrogens (tertiary/aromatic N) is 1. The van der Waals surface area contributed by atoms with Gasteiger partial charge >= 0.3 is 14.2 Å². The van der Waals surface area contributed by atoms with E-state index >= 15 is 0 Å². The summed E-state index contributed by atoms with van der Waals surface area (Å²) in [6.45, 7) is 2.20. The number of carbonyl (C=O) groups is 1. The van der Waals surface area contributed by atoms with Gasteiger partial charge in [-0.2, -0.15) is 0 Å². The molecule has 2 aliphatic rings. The highest BCUT2D eigenvalue weighted by Crippen LogP contribution is 2.38. The molecular weight excluding hydrogens is 522 g/mol. The molecule has 0 atom stereocenters. The minimum absolute atomic E-state index is 0.172. The molecule has 1 amide bonds. The molecule has 0 aliphatic carbocycles. The fourth-order valence-electron chi connectivity index (χ4n) is 5.49. The molecule has 3 N–H and O–H groups in total. The van der Waals surface area contributed by atoms with Crippen LogP contribution >= 0.6 is 11.8 Å². The van der Waals surface area contributed by atoms with Crippen LogP contribution in [0.25, 0.3) is 27.7 Å². The quantitative estimate of drug-likeness (QED) is 0.291. The molecule has 196 valence electrons. The lowest BCUT2D eigenvalue weighted by molar-refractivity contribution is -0.114. The van der Waals surface area contributed by atoms with Crippen molar-refractivity contribution in [3.8, 4) is 16.8 Å². The number of para-hydroxylation sites is 1. The van der Waals surface area contributed by atoms with Crippen LogP contribution in [0.15, 0.2) is 94.9 Å². The van der Waals surface area contributed by atoms with Gasteiger partial charge in [-0.1, -0.05) is 48.2 Å². The number of carbonyl (C=O) groups excluding carboxylic acids is 1. The average molecular weight is 546 g/mol. The van der Waals surface area contributed by atoms with Gasteiger partial charge in [-0.25, -0.2) is 0 Å². The Balaban J connectivity index is 1.22. The van der Waals surface area contributed by atoms with Gasteiger partial charge in [0.05, 0.1) is 18.7 Å². The largest absolute Gasteiger partial charge is 0.491 e. The van der Waals surface area contributed by atoms with Crippen molar-refractivity contribution >= 4 is 59.4 Å². The molecule has 7 rings (SSSR count). The van der Waals surface area contributed by atoms with Crippen molar-refractivity contribution in [1.82, 2.24) is 4.57 Å². The molecular formula is C30H24B2N2O5S. The number of hydrogen-bond donors (Lipinski definition) is 3. The van der Waals surface area contributed by atoms with E-state index in [1.54, 1.807) is 17.8 Å². The molecule has 0 fully saturated rings. The van der Waals surface area contributed by atoms with Gasteiger partial charge in [0.2, 0.25) is 5.91 Å². The lowest BCUT2D eigenvalue weighted by Crippen LogP contribution is -2.28. The summed E-state index contributed by atoms with van der Waals surface area (Å²) in [6.07, 6.45) is 2.13. The van der Waals surface area contributed by atoms with Crippen molar-refractivity contribution in [1.29, 1.82) is 0 Å². The van der Waals surface area contributed by atoms with E-state index in [9.17, 15) is 14.8 Å². The second-order valence-electron chi connectivity index (χ2n) is 9.99. The summed E-state index contributed by atoms with van der Waals surface area (Å²) in [6, 6.07) is 26.3. The van der Waals surface area contributed by atoms with Crippen LogP contribution in [0.2, 0.25) is 0 Å². The third kappa shape index (κ3) is 4.44. The van der Waals surface area contributed by atoms with Crippen LogP contribution in [-0.4, -0.2) is 34.8 Å². The van der Waals surface area contributed by atoms with E-state index in [1.807, 2.05) is 30.3 Å². The monoisotopic (exact) mass is 546 g/mol. The van der Waals surface area contributed by atoms with Gasteiger partial charge in [-0.05, 0) is 75.6 Å². The average Bonchev–Trinajstić information content (AvgIpc) is 3.64. The Bertz CT molecular complexity index is 1790. The van der Waals surface area contributed by atoms with E-state index in [-0.39, 0.29) is 5.91 Å². The first-order valence-corrected chi connectivity index (χ1v) is 13.8. The van der Waals surface area contributed by atoms with Crippen molar-refractivity contribution in [3.05, 3.63) is 96.2 Å². The van der Waals surface area contributed by atoms with Crippen LogP contribution in [0.5, 0.6) is 0 Å². The van der Waals surface area contributed by atoms with E-state index in [2.05, 4.69) is 58.5 Å². The van der Waals surface area contributed by atoms with E-state index in [0.717, 1.165) is 54.1 Å². The smallest absolute Gasteiger partial charge is 0.423 e. The zero-order valence-corrected chi connectivity index (χ0v) is 22.4. The van der Waals surface area contributed by atoms with E-state index in [4.69, 9.17) is 9.31 Å². The highest BCUT2D eigenvalue weighted by atomic mass is 32.2. The predicted octanol–water partition coefficient (Wildman–Crippen LogP) is 3.84. The lowest BCUT2D eigenvalue weighted by Gasteiger charge is -2.12. The second-order valence-corrected chi connectivity index (χ2v) is 11.1. The van der Waals surface area contributed by atoms with Crippen LogP contribution in [0.4, 0.5) is 5.69 Å². The van der Waals surface area contributed by atoms with E-state index in [0.29, 0.717) is 24.4 Å². The Morgan fingerprint density at radius 3 is 2.52 bits per heavy atom. The number of nitrogens with one attached hydrogen (secondary N) is 1. The van der Waals surface area contributed by atoms with Gasteiger partial charge in [0.1, 0.15) is 0 Å². The van der Waals surface area contributed by atoms with Gasteiger partial charge in [-0.15, -0.1) is 0 Å².